The summed E-state index contributed by atoms with van der Waals surface area (Å²) in [4.78, 5) is 51.0. The smallest absolute Gasteiger partial charge is 0.407 e. The highest BCUT2D eigenvalue weighted by atomic mass is 35.5. The van der Waals surface area contributed by atoms with Gasteiger partial charge in [-0.15, -0.1) is 0 Å². The van der Waals surface area contributed by atoms with Crippen LogP contribution < -0.4 is 20.7 Å². The molecule has 14 heteroatoms. The number of carbonyl (C=O) groups excluding carboxylic acids is 4. The molecular formula is C29H32ClF4N3O6. The molecule has 0 spiro atoms. The van der Waals surface area contributed by atoms with Gasteiger partial charge in [-0.3, -0.25) is 14.4 Å². The zero-order valence-corrected chi connectivity index (χ0v) is 24.2. The van der Waals surface area contributed by atoms with Crippen LogP contribution in [0.2, 0.25) is 5.02 Å². The molecule has 9 nitrogen and oxygen atoms in total. The van der Waals surface area contributed by atoms with E-state index in [9.17, 15) is 36.7 Å². The maximum Gasteiger partial charge on any atom is 0.407 e. The third-order valence-corrected chi connectivity index (χ3v) is 6.88. The first-order valence-electron chi connectivity index (χ1n) is 13.6. The molecule has 1 saturated heterocycles. The molecule has 3 rings (SSSR count). The highest BCUT2D eigenvalue weighted by molar-refractivity contribution is 6.30. The minimum atomic E-state index is -1.84. The van der Waals surface area contributed by atoms with Gasteiger partial charge in [0.25, 0.3) is 0 Å². The van der Waals surface area contributed by atoms with Gasteiger partial charge in [-0.2, -0.15) is 8.78 Å². The van der Waals surface area contributed by atoms with Crippen LogP contribution in [-0.4, -0.2) is 55.5 Å². The van der Waals surface area contributed by atoms with Crippen molar-refractivity contribution < 1.29 is 46.2 Å². The largest absolute Gasteiger partial charge is 0.479 e. The average Bonchev–Trinajstić information content (AvgIpc) is 3.34. The number of carbonyl (C=O) groups is 4. The van der Waals surface area contributed by atoms with Crippen LogP contribution >= 0.6 is 11.6 Å². The van der Waals surface area contributed by atoms with Gasteiger partial charge in [-0.25, -0.2) is 13.6 Å². The topological polar surface area (TPSA) is 123 Å². The Labute approximate surface area is 250 Å². The van der Waals surface area contributed by atoms with Crippen molar-refractivity contribution in [2.75, 3.05) is 19.8 Å². The van der Waals surface area contributed by atoms with Gasteiger partial charge in [0, 0.05) is 30.0 Å². The number of Topliss-reactive ketones (excluding diaryl/α,β-unsaturated/α-hetero) is 1. The lowest BCUT2D eigenvalue weighted by Crippen LogP contribution is -2.53. The number of hydrogen-bond donors (Lipinski definition) is 3. The fourth-order valence-electron chi connectivity index (χ4n) is 4.46. The molecule has 1 heterocycles. The van der Waals surface area contributed by atoms with Gasteiger partial charge in [0.05, 0.1) is 12.6 Å². The molecule has 0 radical (unpaired) electrons. The van der Waals surface area contributed by atoms with Crippen LogP contribution in [0, 0.1) is 35.1 Å². The summed E-state index contributed by atoms with van der Waals surface area (Å²) in [7, 11) is 0. The van der Waals surface area contributed by atoms with Crippen LogP contribution in [-0.2, 0) is 25.5 Å². The summed E-state index contributed by atoms with van der Waals surface area (Å²) in [6.45, 7) is 2.85. The van der Waals surface area contributed by atoms with E-state index in [1.165, 1.54) is 0 Å². The van der Waals surface area contributed by atoms with E-state index in [4.69, 9.17) is 21.1 Å². The Balaban J connectivity index is 1.69. The SMILES string of the molecule is CC(C)C[C@H](NC(=O)OCCc1cccc(Cl)c1)C(=O)N[C@@H](C[C@@H]1CCNC1=O)C(=O)COc1c(F)c(F)cc(F)c1F. The second-order valence-electron chi connectivity index (χ2n) is 10.5. The number of amides is 3. The normalized spacial score (nSPS) is 15.9. The maximum absolute atomic E-state index is 14.0. The predicted octanol–water partition coefficient (Wildman–Crippen LogP) is 4.24. The second kappa shape index (κ2) is 15.6. The number of ketones is 1. The molecule has 3 amide bonds. The summed E-state index contributed by atoms with van der Waals surface area (Å²) in [6.07, 6.45) is -0.213. The number of ether oxygens (including phenoxy) is 2. The Morgan fingerprint density at radius 2 is 1.74 bits per heavy atom. The van der Waals surface area contributed by atoms with E-state index >= 15 is 0 Å². The molecule has 0 saturated carbocycles. The number of rotatable bonds is 14. The second-order valence-corrected chi connectivity index (χ2v) is 10.9. The van der Waals surface area contributed by atoms with E-state index in [0.29, 0.717) is 24.4 Å². The lowest BCUT2D eigenvalue weighted by Gasteiger charge is -2.25. The van der Waals surface area contributed by atoms with Crippen molar-refractivity contribution in [2.45, 2.75) is 51.6 Å². The Kier molecular flexibility index (Phi) is 12.2. The summed E-state index contributed by atoms with van der Waals surface area (Å²) in [6, 6.07) is 4.42. The highest BCUT2D eigenvalue weighted by Gasteiger charge is 2.34. The van der Waals surface area contributed by atoms with Crippen molar-refractivity contribution in [1.29, 1.82) is 0 Å². The van der Waals surface area contributed by atoms with Crippen LogP contribution in [0.15, 0.2) is 30.3 Å². The van der Waals surface area contributed by atoms with Crippen LogP contribution in [0.1, 0.15) is 38.7 Å². The molecule has 1 aliphatic heterocycles. The van der Waals surface area contributed by atoms with E-state index in [0.717, 1.165) is 5.56 Å². The first kappa shape index (κ1) is 33.6. The van der Waals surface area contributed by atoms with Crippen molar-refractivity contribution in [2.24, 2.45) is 11.8 Å². The minimum Gasteiger partial charge on any atom is -0.479 e. The van der Waals surface area contributed by atoms with Crippen molar-refractivity contribution in [3.05, 3.63) is 64.2 Å². The number of halogens is 5. The van der Waals surface area contributed by atoms with Gasteiger partial charge in [0.1, 0.15) is 12.6 Å². The van der Waals surface area contributed by atoms with E-state index in [1.54, 1.807) is 38.1 Å². The molecule has 0 unspecified atom stereocenters. The van der Waals surface area contributed by atoms with Crippen molar-refractivity contribution in [3.8, 4) is 5.75 Å². The molecule has 0 aliphatic carbocycles. The molecule has 3 N–H and O–H groups in total. The number of alkyl carbamates (subject to hydrolysis) is 1. The average molecular weight is 630 g/mol. The van der Waals surface area contributed by atoms with Crippen molar-refractivity contribution in [1.82, 2.24) is 16.0 Å². The Morgan fingerprint density at radius 1 is 1.05 bits per heavy atom. The fraction of sp³-hybridized carbons (Fsp3) is 0.448. The standard InChI is InChI=1S/C29H32ClF4N3O6/c1-15(2)10-22(37-29(41)42-9-7-16-4-3-5-18(30)11-16)28(40)36-21(12-17-6-8-35-27(17)39)23(38)14-43-26-24(33)19(31)13-20(32)25(26)34/h3-5,11,13,15,17,21-22H,6-10,12,14H2,1-2H3,(H,35,39)(H,36,40)(H,37,41)/t17-,21-,22-/m0/s1. The summed E-state index contributed by atoms with van der Waals surface area (Å²) in [5, 5.41) is 8.09. The molecule has 0 bridgehead atoms. The molecular weight excluding hydrogens is 598 g/mol. The molecule has 43 heavy (non-hydrogen) atoms. The van der Waals surface area contributed by atoms with Crippen LogP contribution in [0.3, 0.4) is 0 Å². The van der Waals surface area contributed by atoms with Crippen LogP contribution in [0.4, 0.5) is 22.4 Å². The van der Waals surface area contributed by atoms with Gasteiger partial charge in [-0.1, -0.05) is 37.6 Å². The number of nitrogens with one attached hydrogen (secondary N) is 3. The monoisotopic (exact) mass is 629 g/mol. The van der Waals surface area contributed by atoms with Gasteiger partial charge >= 0.3 is 6.09 Å². The molecule has 1 fully saturated rings. The molecule has 2 aromatic rings. The van der Waals surface area contributed by atoms with Crippen LogP contribution in [0.5, 0.6) is 5.75 Å². The molecule has 0 aromatic heterocycles. The third-order valence-electron chi connectivity index (χ3n) is 6.65. The minimum absolute atomic E-state index is 0.00870. The Hall–Kier alpha value is -3.87. The van der Waals surface area contributed by atoms with Gasteiger partial charge in [0.2, 0.25) is 23.4 Å². The van der Waals surface area contributed by atoms with Crippen LogP contribution in [0.25, 0.3) is 0 Å². The predicted molar refractivity (Wildman–Crippen MR) is 147 cm³/mol. The van der Waals surface area contributed by atoms with Gasteiger partial charge in [-0.05, 0) is 42.9 Å². The van der Waals surface area contributed by atoms with E-state index in [-0.39, 0.29) is 37.3 Å². The molecule has 2 aromatic carbocycles. The fourth-order valence-corrected chi connectivity index (χ4v) is 4.67. The Morgan fingerprint density at radius 3 is 2.35 bits per heavy atom. The molecule has 3 atom stereocenters. The quantitative estimate of drug-likeness (QED) is 0.212. The van der Waals surface area contributed by atoms with E-state index in [1.807, 2.05) is 0 Å². The summed E-state index contributed by atoms with van der Waals surface area (Å²) < 4.78 is 65.2. The summed E-state index contributed by atoms with van der Waals surface area (Å²) in [5.41, 5.74) is 0.831. The van der Waals surface area contributed by atoms with Crippen molar-refractivity contribution >= 4 is 35.3 Å². The lowest BCUT2D eigenvalue weighted by atomic mass is 9.95. The first-order valence-corrected chi connectivity index (χ1v) is 14.0. The number of benzene rings is 2. The Bertz CT molecular complexity index is 1320. The zero-order valence-electron chi connectivity index (χ0n) is 23.5. The summed E-state index contributed by atoms with van der Waals surface area (Å²) in [5.74, 6) is -11.4. The van der Waals surface area contributed by atoms with Gasteiger partial charge in [0.15, 0.2) is 23.2 Å². The van der Waals surface area contributed by atoms with E-state index in [2.05, 4.69) is 16.0 Å². The lowest BCUT2D eigenvalue weighted by molar-refractivity contribution is -0.131. The first-order chi connectivity index (χ1) is 20.3. The maximum atomic E-state index is 14.0. The van der Waals surface area contributed by atoms with E-state index < -0.39 is 71.4 Å². The third kappa shape index (κ3) is 9.84. The van der Waals surface area contributed by atoms with Gasteiger partial charge < -0.3 is 25.4 Å². The van der Waals surface area contributed by atoms with Crippen molar-refractivity contribution in [3.63, 3.8) is 0 Å². The summed E-state index contributed by atoms with van der Waals surface area (Å²) >= 11 is 5.96. The molecule has 1 aliphatic rings. The zero-order chi connectivity index (χ0) is 31.7. The highest BCUT2D eigenvalue weighted by Crippen LogP contribution is 2.27. The number of hydrogen-bond acceptors (Lipinski definition) is 6. The molecule has 234 valence electrons.